The van der Waals surface area contributed by atoms with Crippen LogP contribution in [0.1, 0.15) is 25.7 Å². The highest BCUT2D eigenvalue weighted by Crippen LogP contribution is 2.25. The summed E-state index contributed by atoms with van der Waals surface area (Å²) in [5, 5.41) is 0.725. The van der Waals surface area contributed by atoms with E-state index in [1.807, 2.05) is 18.2 Å². The number of nitrogens with zero attached hydrogens (tertiary/aromatic N) is 2. The van der Waals surface area contributed by atoms with Gasteiger partial charge in [-0.2, -0.15) is 0 Å². The van der Waals surface area contributed by atoms with Crippen molar-refractivity contribution in [3.63, 3.8) is 0 Å². The summed E-state index contributed by atoms with van der Waals surface area (Å²) >= 11 is 6.08. The van der Waals surface area contributed by atoms with Gasteiger partial charge >= 0.3 is 0 Å². The van der Waals surface area contributed by atoms with Crippen molar-refractivity contribution in [2.45, 2.75) is 32.4 Å². The van der Waals surface area contributed by atoms with Gasteiger partial charge in [0.15, 0.2) is 0 Å². The fourth-order valence-corrected chi connectivity index (χ4v) is 2.47. The zero-order valence-electron chi connectivity index (χ0n) is 11.6. The number of halogens is 1. The highest BCUT2D eigenvalue weighted by Gasteiger charge is 2.17. The minimum Gasteiger partial charge on any atom is -0.380 e. The zero-order valence-corrected chi connectivity index (χ0v) is 12.3. The molecule has 0 radical (unpaired) electrons. The molecule has 2 rings (SSSR count). The molecule has 4 nitrogen and oxygen atoms in total. The van der Waals surface area contributed by atoms with Crippen LogP contribution < -0.4 is 5.73 Å². The molecule has 104 valence electrons. The Kier molecular flexibility index (Phi) is 4.45. The summed E-state index contributed by atoms with van der Waals surface area (Å²) in [4.78, 5) is 4.68. The van der Waals surface area contributed by atoms with E-state index in [1.165, 1.54) is 0 Å². The third-order valence-corrected chi connectivity index (χ3v) is 3.48. The third kappa shape index (κ3) is 2.91. The van der Waals surface area contributed by atoms with Crippen LogP contribution >= 0.6 is 11.6 Å². The van der Waals surface area contributed by atoms with Crippen molar-refractivity contribution in [3.8, 4) is 0 Å². The number of aromatic nitrogens is 2. The lowest BCUT2D eigenvalue weighted by Crippen LogP contribution is -2.26. The van der Waals surface area contributed by atoms with Gasteiger partial charge in [0.1, 0.15) is 5.82 Å². The lowest BCUT2D eigenvalue weighted by Gasteiger charge is -2.16. The smallest absolute Gasteiger partial charge is 0.112 e. The lowest BCUT2D eigenvalue weighted by atomic mass is 10.2. The molecule has 0 fully saturated rings. The van der Waals surface area contributed by atoms with E-state index in [2.05, 4.69) is 23.4 Å². The van der Waals surface area contributed by atoms with Gasteiger partial charge in [-0.05, 0) is 32.0 Å². The van der Waals surface area contributed by atoms with E-state index < -0.39 is 0 Å². The van der Waals surface area contributed by atoms with E-state index in [0.29, 0.717) is 19.0 Å². The molecule has 1 aromatic carbocycles. The summed E-state index contributed by atoms with van der Waals surface area (Å²) in [7, 11) is 1.68. The second kappa shape index (κ2) is 5.90. The molecule has 0 aliphatic carbocycles. The van der Waals surface area contributed by atoms with Crippen LogP contribution in [0.5, 0.6) is 0 Å². The van der Waals surface area contributed by atoms with E-state index in [1.54, 1.807) is 7.11 Å². The predicted octanol–water partition coefficient (Wildman–Crippen LogP) is 2.79. The van der Waals surface area contributed by atoms with Gasteiger partial charge in [0.05, 0.1) is 17.1 Å². The molecule has 0 amide bonds. The fraction of sp³-hybridized carbons (Fsp3) is 0.500. The van der Waals surface area contributed by atoms with E-state index in [0.717, 1.165) is 21.9 Å². The molecular formula is C14H20ClN3O. The number of imidazole rings is 1. The molecule has 1 unspecified atom stereocenters. The van der Waals surface area contributed by atoms with Gasteiger partial charge in [-0.25, -0.2) is 4.98 Å². The van der Waals surface area contributed by atoms with Gasteiger partial charge in [0.2, 0.25) is 0 Å². The number of hydrogen-bond acceptors (Lipinski definition) is 3. The zero-order chi connectivity index (χ0) is 14.0. The number of ether oxygens (including phenoxy) is 1. The van der Waals surface area contributed by atoms with Gasteiger partial charge < -0.3 is 15.0 Å². The number of benzene rings is 1. The molecular weight excluding hydrogens is 262 g/mol. The second-order valence-electron chi connectivity index (χ2n) is 4.92. The topological polar surface area (TPSA) is 53.1 Å². The maximum absolute atomic E-state index is 6.08. The number of hydrogen-bond donors (Lipinski definition) is 1. The molecule has 0 spiro atoms. The van der Waals surface area contributed by atoms with E-state index >= 15 is 0 Å². The number of fused-ring (bicyclic) bond motifs is 1. The van der Waals surface area contributed by atoms with Gasteiger partial charge in [-0.1, -0.05) is 11.6 Å². The van der Waals surface area contributed by atoms with Crippen molar-refractivity contribution >= 4 is 22.6 Å². The summed E-state index contributed by atoms with van der Waals surface area (Å²) in [5.74, 6) is 0.990. The third-order valence-electron chi connectivity index (χ3n) is 3.25. The molecule has 0 bridgehead atoms. The molecule has 19 heavy (non-hydrogen) atoms. The molecule has 1 heterocycles. The molecule has 2 N–H and O–H groups in total. The molecule has 1 atom stereocenters. The largest absolute Gasteiger partial charge is 0.380 e. The van der Waals surface area contributed by atoms with Crippen molar-refractivity contribution in [2.24, 2.45) is 5.73 Å². The van der Waals surface area contributed by atoms with Gasteiger partial charge in [-0.3, -0.25) is 0 Å². The Bertz CT molecular complexity index is 561. The first kappa shape index (κ1) is 14.3. The Morgan fingerprint density at radius 2 is 2.16 bits per heavy atom. The summed E-state index contributed by atoms with van der Waals surface area (Å²) < 4.78 is 7.55. The Balaban J connectivity index is 2.50. The molecule has 1 aromatic heterocycles. The van der Waals surface area contributed by atoms with Crippen LogP contribution in [0.2, 0.25) is 5.02 Å². The Morgan fingerprint density at radius 1 is 1.42 bits per heavy atom. The van der Waals surface area contributed by atoms with Crippen LogP contribution in [-0.4, -0.2) is 29.3 Å². The van der Waals surface area contributed by atoms with Gasteiger partial charge in [-0.15, -0.1) is 0 Å². The van der Waals surface area contributed by atoms with Crippen molar-refractivity contribution in [1.82, 2.24) is 9.55 Å². The van der Waals surface area contributed by atoms with Crippen LogP contribution in [0.25, 0.3) is 11.0 Å². The van der Waals surface area contributed by atoms with Crippen molar-refractivity contribution in [2.75, 3.05) is 13.7 Å². The fourth-order valence-electron chi connectivity index (χ4n) is 2.30. The highest BCUT2D eigenvalue weighted by atomic mass is 35.5. The summed E-state index contributed by atoms with van der Waals surface area (Å²) in [6.45, 7) is 4.75. The first-order chi connectivity index (χ1) is 9.06. The van der Waals surface area contributed by atoms with E-state index in [9.17, 15) is 0 Å². The monoisotopic (exact) mass is 281 g/mol. The lowest BCUT2D eigenvalue weighted by molar-refractivity contribution is 0.107. The first-order valence-electron chi connectivity index (χ1n) is 6.46. The second-order valence-corrected chi connectivity index (χ2v) is 5.36. The Hall–Kier alpha value is -1.10. The standard InChI is InChI=1S/C14H20ClN3O/c1-9(2)18-13-6-10(15)4-5-12(13)17-14(18)7-11(8-16)19-3/h4-6,9,11H,7-8,16H2,1-3H3. The van der Waals surface area contributed by atoms with Gasteiger partial charge in [0, 0.05) is 31.1 Å². The summed E-state index contributed by atoms with van der Waals surface area (Å²) in [6, 6.07) is 6.08. The summed E-state index contributed by atoms with van der Waals surface area (Å²) in [5.41, 5.74) is 7.71. The average molecular weight is 282 g/mol. The minimum atomic E-state index is -0.00946. The number of nitrogens with two attached hydrogens (primary N) is 1. The molecule has 0 saturated heterocycles. The Morgan fingerprint density at radius 3 is 2.74 bits per heavy atom. The Labute approximate surface area is 118 Å². The first-order valence-corrected chi connectivity index (χ1v) is 6.83. The predicted molar refractivity (Wildman–Crippen MR) is 78.7 cm³/mol. The van der Waals surface area contributed by atoms with E-state index in [-0.39, 0.29) is 6.10 Å². The molecule has 0 saturated carbocycles. The molecule has 0 aliphatic rings. The highest BCUT2D eigenvalue weighted by molar-refractivity contribution is 6.31. The van der Waals surface area contributed by atoms with Crippen molar-refractivity contribution in [3.05, 3.63) is 29.0 Å². The number of rotatable bonds is 5. The maximum Gasteiger partial charge on any atom is 0.112 e. The van der Waals surface area contributed by atoms with E-state index in [4.69, 9.17) is 22.1 Å². The van der Waals surface area contributed by atoms with Crippen LogP contribution in [0, 0.1) is 0 Å². The van der Waals surface area contributed by atoms with Crippen LogP contribution in [0.4, 0.5) is 0 Å². The minimum absolute atomic E-state index is 0.00946. The summed E-state index contributed by atoms with van der Waals surface area (Å²) in [6.07, 6.45) is 0.696. The van der Waals surface area contributed by atoms with Crippen LogP contribution in [0.15, 0.2) is 18.2 Å². The van der Waals surface area contributed by atoms with Crippen LogP contribution in [0.3, 0.4) is 0 Å². The number of methoxy groups -OCH3 is 1. The van der Waals surface area contributed by atoms with Crippen molar-refractivity contribution in [1.29, 1.82) is 0 Å². The quantitative estimate of drug-likeness (QED) is 0.917. The molecule has 2 aromatic rings. The average Bonchev–Trinajstić information content (AvgIpc) is 2.73. The SMILES string of the molecule is COC(CN)Cc1nc2ccc(Cl)cc2n1C(C)C. The van der Waals surface area contributed by atoms with Gasteiger partial charge in [0.25, 0.3) is 0 Å². The molecule has 0 aliphatic heterocycles. The van der Waals surface area contributed by atoms with Crippen molar-refractivity contribution < 1.29 is 4.74 Å². The molecule has 5 heteroatoms. The van der Waals surface area contributed by atoms with Crippen LogP contribution in [-0.2, 0) is 11.2 Å². The maximum atomic E-state index is 6.08. The normalized spacial score (nSPS) is 13.4.